The van der Waals surface area contributed by atoms with Crippen LogP contribution in [0.5, 0.6) is 5.88 Å². The zero-order valence-corrected chi connectivity index (χ0v) is 12.3. The lowest BCUT2D eigenvalue weighted by atomic mass is 10.1. The fourth-order valence-electron chi connectivity index (χ4n) is 2.61. The highest BCUT2D eigenvalue weighted by Crippen LogP contribution is 2.27. The predicted octanol–water partition coefficient (Wildman–Crippen LogP) is 1.44. The number of nitrogens with zero attached hydrogens (tertiary/aromatic N) is 3. The Morgan fingerprint density at radius 2 is 2.38 bits per heavy atom. The first kappa shape index (κ1) is 14.0. The second kappa shape index (κ2) is 6.24. The van der Waals surface area contributed by atoms with E-state index in [1.54, 1.807) is 13.3 Å². The SMILES string of the molecule is COc1cccc(CN[C@H]2CCO[C@@H]2c2nccn2C)n1. The summed E-state index contributed by atoms with van der Waals surface area (Å²) in [5.74, 6) is 1.60. The van der Waals surface area contributed by atoms with Gasteiger partial charge in [-0.1, -0.05) is 6.07 Å². The number of hydrogen-bond donors (Lipinski definition) is 1. The molecule has 0 saturated carbocycles. The van der Waals surface area contributed by atoms with E-state index in [1.807, 2.05) is 36.0 Å². The van der Waals surface area contributed by atoms with E-state index in [1.165, 1.54) is 0 Å². The third-order valence-corrected chi connectivity index (χ3v) is 3.74. The standard InChI is InChI=1S/C15H20N4O2/c1-19-8-7-16-15(19)14-12(6-9-21-14)17-10-11-4-3-5-13(18-11)20-2/h3-5,7-8,12,14,17H,6,9-10H2,1-2H3/t12-,14-/m0/s1. The van der Waals surface area contributed by atoms with Crippen LogP contribution in [0.3, 0.4) is 0 Å². The number of rotatable bonds is 5. The number of ether oxygens (including phenoxy) is 2. The fourth-order valence-corrected chi connectivity index (χ4v) is 2.61. The quantitative estimate of drug-likeness (QED) is 0.902. The van der Waals surface area contributed by atoms with Crippen LogP contribution in [0.1, 0.15) is 24.0 Å². The lowest BCUT2D eigenvalue weighted by Crippen LogP contribution is -2.32. The number of methoxy groups -OCH3 is 1. The molecule has 3 rings (SSSR count). The van der Waals surface area contributed by atoms with Gasteiger partial charge in [-0.3, -0.25) is 0 Å². The highest BCUT2D eigenvalue weighted by Gasteiger charge is 2.31. The Bertz CT molecular complexity index is 599. The van der Waals surface area contributed by atoms with Gasteiger partial charge in [0.05, 0.1) is 12.8 Å². The van der Waals surface area contributed by atoms with Crippen LogP contribution in [-0.2, 0) is 18.3 Å². The zero-order chi connectivity index (χ0) is 14.7. The minimum absolute atomic E-state index is 0.00407. The zero-order valence-electron chi connectivity index (χ0n) is 12.3. The van der Waals surface area contributed by atoms with Crippen molar-refractivity contribution in [1.82, 2.24) is 19.9 Å². The summed E-state index contributed by atoms with van der Waals surface area (Å²) in [6, 6.07) is 6.03. The molecule has 3 heterocycles. The van der Waals surface area contributed by atoms with Crippen LogP contribution in [0.2, 0.25) is 0 Å². The second-order valence-corrected chi connectivity index (χ2v) is 5.14. The molecule has 0 aliphatic carbocycles. The van der Waals surface area contributed by atoms with Gasteiger partial charge in [-0.15, -0.1) is 0 Å². The smallest absolute Gasteiger partial charge is 0.213 e. The normalized spacial score (nSPS) is 21.6. The Morgan fingerprint density at radius 1 is 1.48 bits per heavy atom. The van der Waals surface area contributed by atoms with E-state index in [9.17, 15) is 0 Å². The minimum Gasteiger partial charge on any atom is -0.481 e. The number of hydrogen-bond acceptors (Lipinski definition) is 5. The number of nitrogens with one attached hydrogen (secondary N) is 1. The number of pyridine rings is 1. The van der Waals surface area contributed by atoms with Gasteiger partial charge in [-0.05, 0) is 12.5 Å². The highest BCUT2D eigenvalue weighted by atomic mass is 16.5. The van der Waals surface area contributed by atoms with Gasteiger partial charge in [-0.25, -0.2) is 9.97 Å². The molecule has 1 fully saturated rings. The molecule has 0 radical (unpaired) electrons. The van der Waals surface area contributed by atoms with Crippen LogP contribution >= 0.6 is 0 Å². The van der Waals surface area contributed by atoms with E-state index in [0.717, 1.165) is 24.5 Å². The molecule has 0 bridgehead atoms. The fraction of sp³-hybridized carbons (Fsp3) is 0.467. The van der Waals surface area contributed by atoms with Gasteiger partial charge in [0.2, 0.25) is 5.88 Å². The summed E-state index contributed by atoms with van der Waals surface area (Å²) >= 11 is 0. The van der Waals surface area contributed by atoms with E-state index in [-0.39, 0.29) is 12.1 Å². The molecule has 0 spiro atoms. The highest BCUT2D eigenvalue weighted by molar-refractivity contribution is 5.15. The molecule has 0 aromatic carbocycles. The van der Waals surface area contributed by atoms with E-state index in [4.69, 9.17) is 9.47 Å². The van der Waals surface area contributed by atoms with Crippen LogP contribution in [-0.4, -0.2) is 34.3 Å². The van der Waals surface area contributed by atoms with E-state index in [0.29, 0.717) is 12.4 Å². The number of aryl methyl sites for hydroxylation is 1. The maximum absolute atomic E-state index is 5.83. The molecular weight excluding hydrogens is 268 g/mol. The molecule has 0 unspecified atom stereocenters. The summed E-state index contributed by atoms with van der Waals surface area (Å²) in [5.41, 5.74) is 0.958. The van der Waals surface area contributed by atoms with Crippen LogP contribution < -0.4 is 10.1 Å². The molecule has 2 aromatic rings. The lowest BCUT2D eigenvalue weighted by Gasteiger charge is -2.19. The Balaban J connectivity index is 1.65. The monoisotopic (exact) mass is 288 g/mol. The van der Waals surface area contributed by atoms with Crippen LogP contribution in [0.25, 0.3) is 0 Å². The summed E-state index contributed by atoms with van der Waals surface area (Å²) < 4.78 is 13.0. The molecule has 0 amide bonds. The van der Waals surface area contributed by atoms with Crippen molar-refractivity contribution >= 4 is 0 Å². The third-order valence-electron chi connectivity index (χ3n) is 3.74. The van der Waals surface area contributed by atoms with Crippen LogP contribution in [0, 0.1) is 0 Å². The summed E-state index contributed by atoms with van der Waals surface area (Å²) in [6.45, 7) is 1.44. The van der Waals surface area contributed by atoms with Crippen molar-refractivity contribution in [2.75, 3.05) is 13.7 Å². The van der Waals surface area contributed by atoms with Crippen molar-refractivity contribution in [2.45, 2.75) is 25.1 Å². The average molecular weight is 288 g/mol. The maximum atomic E-state index is 5.83. The van der Waals surface area contributed by atoms with Gasteiger partial charge in [0.15, 0.2) is 0 Å². The molecular formula is C15H20N4O2. The molecule has 21 heavy (non-hydrogen) atoms. The van der Waals surface area contributed by atoms with Gasteiger partial charge >= 0.3 is 0 Å². The Kier molecular flexibility index (Phi) is 4.17. The summed E-state index contributed by atoms with van der Waals surface area (Å²) in [6.07, 6.45) is 4.72. The topological polar surface area (TPSA) is 61.2 Å². The van der Waals surface area contributed by atoms with Crippen molar-refractivity contribution in [3.8, 4) is 5.88 Å². The average Bonchev–Trinajstić information content (AvgIpc) is 3.13. The van der Waals surface area contributed by atoms with Crippen molar-refractivity contribution < 1.29 is 9.47 Å². The molecule has 1 saturated heterocycles. The van der Waals surface area contributed by atoms with Crippen LogP contribution in [0.15, 0.2) is 30.6 Å². The molecule has 1 aliphatic rings. The lowest BCUT2D eigenvalue weighted by molar-refractivity contribution is 0.0892. The van der Waals surface area contributed by atoms with Gasteiger partial charge in [-0.2, -0.15) is 0 Å². The first-order chi connectivity index (χ1) is 10.3. The molecule has 1 aliphatic heterocycles. The second-order valence-electron chi connectivity index (χ2n) is 5.14. The summed E-state index contributed by atoms with van der Waals surface area (Å²) in [4.78, 5) is 8.80. The van der Waals surface area contributed by atoms with Crippen molar-refractivity contribution in [2.24, 2.45) is 7.05 Å². The summed E-state index contributed by atoms with van der Waals surface area (Å²) in [5, 5.41) is 3.52. The molecule has 2 atom stereocenters. The van der Waals surface area contributed by atoms with Gasteiger partial charge in [0, 0.05) is 44.7 Å². The van der Waals surface area contributed by atoms with Crippen LogP contribution in [0.4, 0.5) is 0 Å². The molecule has 6 nitrogen and oxygen atoms in total. The number of aromatic nitrogens is 3. The summed E-state index contributed by atoms with van der Waals surface area (Å²) in [7, 11) is 3.62. The molecule has 6 heteroatoms. The van der Waals surface area contributed by atoms with E-state index < -0.39 is 0 Å². The molecule has 1 N–H and O–H groups in total. The minimum atomic E-state index is -0.00407. The first-order valence-electron chi connectivity index (χ1n) is 7.10. The predicted molar refractivity (Wildman–Crippen MR) is 77.9 cm³/mol. The Hall–Kier alpha value is -1.92. The van der Waals surface area contributed by atoms with Gasteiger partial charge in [0.1, 0.15) is 11.9 Å². The van der Waals surface area contributed by atoms with Crippen molar-refractivity contribution in [1.29, 1.82) is 0 Å². The van der Waals surface area contributed by atoms with Crippen molar-refractivity contribution in [3.05, 3.63) is 42.1 Å². The van der Waals surface area contributed by atoms with Crippen molar-refractivity contribution in [3.63, 3.8) is 0 Å². The largest absolute Gasteiger partial charge is 0.481 e. The van der Waals surface area contributed by atoms with Gasteiger partial charge in [0.25, 0.3) is 0 Å². The van der Waals surface area contributed by atoms with E-state index in [2.05, 4.69) is 15.3 Å². The Labute approximate surface area is 124 Å². The number of imidazole rings is 1. The molecule has 112 valence electrons. The third kappa shape index (κ3) is 3.06. The maximum Gasteiger partial charge on any atom is 0.213 e. The van der Waals surface area contributed by atoms with E-state index >= 15 is 0 Å². The molecule has 2 aromatic heterocycles. The first-order valence-corrected chi connectivity index (χ1v) is 7.10. The Morgan fingerprint density at radius 3 is 3.14 bits per heavy atom. The van der Waals surface area contributed by atoms with Gasteiger partial charge < -0.3 is 19.4 Å².